The summed E-state index contributed by atoms with van der Waals surface area (Å²) in [6, 6.07) is 24.5. The Morgan fingerprint density at radius 3 is 2.38 bits per heavy atom. The van der Waals surface area contributed by atoms with Crippen LogP contribution in [-0.4, -0.2) is 36.8 Å². The Labute approximate surface area is 217 Å². The van der Waals surface area contributed by atoms with E-state index in [9.17, 15) is 13.2 Å². The van der Waals surface area contributed by atoms with E-state index in [4.69, 9.17) is 4.74 Å². The predicted molar refractivity (Wildman–Crippen MR) is 142 cm³/mol. The third kappa shape index (κ3) is 6.09. The number of hydrogen-bond acceptors (Lipinski definition) is 5. The lowest BCUT2D eigenvalue weighted by molar-refractivity contribution is 0.225. The molecule has 0 radical (unpaired) electrons. The van der Waals surface area contributed by atoms with Gasteiger partial charge in [-0.25, -0.2) is 18.2 Å². The normalized spacial score (nSPS) is 17.1. The lowest BCUT2D eigenvalue weighted by Crippen LogP contribution is -2.37. The molecule has 190 valence electrons. The lowest BCUT2D eigenvalue weighted by atomic mass is 9.71. The van der Waals surface area contributed by atoms with E-state index < -0.39 is 9.84 Å². The zero-order valence-corrected chi connectivity index (χ0v) is 21.4. The number of rotatable bonds is 8. The molecule has 0 atom stereocenters. The molecule has 1 fully saturated rings. The second kappa shape index (κ2) is 10.6. The number of benzene rings is 3. The average molecular weight is 516 g/mol. The monoisotopic (exact) mass is 515 g/mol. The van der Waals surface area contributed by atoms with Gasteiger partial charge in [-0.05, 0) is 72.2 Å². The summed E-state index contributed by atoms with van der Waals surface area (Å²) in [6.45, 7) is 0.990. The molecule has 1 aliphatic rings. The Morgan fingerprint density at radius 2 is 1.70 bits per heavy atom. The van der Waals surface area contributed by atoms with Crippen molar-refractivity contribution in [2.45, 2.75) is 30.3 Å². The van der Waals surface area contributed by atoms with E-state index in [1.54, 1.807) is 30.5 Å². The molecule has 7 nitrogen and oxygen atoms in total. The van der Waals surface area contributed by atoms with Crippen LogP contribution in [0.2, 0.25) is 0 Å². The van der Waals surface area contributed by atoms with E-state index >= 15 is 0 Å². The Bertz CT molecular complexity index is 1460. The molecule has 37 heavy (non-hydrogen) atoms. The largest absolute Gasteiger partial charge is 0.489 e. The van der Waals surface area contributed by atoms with Gasteiger partial charge in [0.25, 0.3) is 0 Å². The molecule has 0 saturated heterocycles. The van der Waals surface area contributed by atoms with Gasteiger partial charge in [-0.3, -0.25) is 4.57 Å². The van der Waals surface area contributed by atoms with Gasteiger partial charge in [-0.1, -0.05) is 42.5 Å². The van der Waals surface area contributed by atoms with Gasteiger partial charge in [0.15, 0.2) is 9.84 Å². The van der Waals surface area contributed by atoms with Gasteiger partial charge in [-0.2, -0.15) is 0 Å². The first-order valence-corrected chi connectivity index (χ1v) is 14.1. The molecule has 1 aromatic heterocycles. The number of sulfone groups is 1. The highest BCUT2D eigenvalue weighted by atomic mass is 32.2. The van der Waals surface area contributed by atoms with Gasteiger partial charge >= 0.3 is 6.03 Å². The van der Waals surface area contributed by atoms with E-state index in [1.165, 1.54) is 22.7 Å². The van der Waals surface area contributed by atoms with Gasteiger partial charge in [0.05, 0.1) is 10.6 Å². The van der Waals surface area contributed by atoms with Crippen LogP contribution in [0, 0.1) is 5.92 Å². The average Bonchev–Trinajstić information content (AvgIpc) is 3.38. The molecule has 1 amide bonds. The summed E-state index contributed by atoms with van der Waals surface area (Å²) < 4.78 is 30.5. The smallest absolute Gasteiger partial charge is 0.326 e. The van der Waals surface area contributed by atoms with Crippen LogP contribution < -0.4 is 10.1 Å². The zero-order chi connectivity index (χ0) is 25.8. The van der Waals surface area contributed by atoms with Crippen LogP contribution in [0.3, 0.4) is 0 Å². The summed E-state index contributed by atoms with van der Waals surface area (Å²) in [4.78, 5) is 17.3. The minimum Gasteiger partial charge on any atom is -0.489 e. The van der Waals surface area contributed by atoms with Gasteiger partial charge < -0.3 is 10.1 Å². The molecule has 0 bridgehead atoms. The van der Waals surface area contributed by atoms with Crippen molar-refractivity contribution in [3.05, 3.63) is 103 Å². The highest BCUT2D eigenvalue weighted by molar-refractivity contribution is 7.90. The summed E-state index contributed by atoms with van der Waals surface area (Å²) in [5.41, 5.74) is 3.83. The van der Waals surface area contributed by atoms with Crippen molar-refractivity contribution in [2.24, 2.45) is 5.92 Å². The standard InChI is InChI=1S/C29H29N3O4S/c1-37(34,35)27-13-7-21(8-14-27)19-36-26-11-9-24(10-12-26)28-18-32(20-31-28)29(33)30-17-22-15-25(16-22)23-5-3-2-4-6-23/h2-14,18,20,22,25H,15-17,19H2,1H3,(H,30,33). The van der Waals surface area contributed by atoms with Crippen molar-refractivity contribution in [3.63, 3.8) is 0 Å². The number of amides is 1. The van der Waals surface area contributed by atoms with Crippen LogP contribution in [0.25, 0.3) is 11.3 Å². The molecule has 1 saturated carbocycles. The van der Waals surface area contributed by atoms with Crippen molar-refractivity contribution in [3.8, 4) is 17.0 Å². The quantitative estimate of drug-likeness (QED) is 0.345. The molecular weight excluding hydrogens is 486 g/mol. The second-order valence-electron chi connectivity index (χ2n) is 9.53. The maximum atomic E-state index is 12.6. The Balaban J connectivity index is 1.10. The van der Waals surface area contributed by atoms with Gasteiger partial charge in [-0.15, -0.1) is 0 Å². The van der Waals surface area contributed by atoms with Crippen LogP contribution in [0.1, 0.15) is 29.9 Å². The molecule has 0 spiro atoms. The summed E-state index contributed by atoms with van der Waals surface area (Å²) >= 11 is 0. The number of nitrogens with zero attached hydrogens (tertiary/aromatic N) is 2. The highest BCUT2D eigenvalue weighted by Crippen LogP contribution is 2.41. The highest BCUT2D eigenvalue weighted by Gasteiger charge is 2.30. The maximum Gasteiger partial charge on any atom is 0.326 e. The second-order valence-corrected chi connectivity index (χ2v) is 11.5. The first-order valence-electron chi connectivity index (χ1n) is 12.2. The number of nitrogens with one attached hydrogen (secondary N) is 1. The molecule has 1 heterocycles. The van der Waals surface area contributed by atoms with Crippen LogP contribution in [0.5, 0.6) is 5.75 Å². The van der Waals surface area contributed by atoms with Crippen LogP contribution >= 0.6 is 0 Å². The van der Waals surface area contributed by atoms with E-state index in [0.717, 1.165) is 24.0 Å². The number of ether oxygens (including phenoxy) is 1. The van der Waals surface area contributed by atoms with E-state index in [0.29, 0.717) is 36.4 Å². The van der Waals surface area contributed by atoms with Crippen molar-refractivity contribution < 1.29 is 17.9 Å². The Kier molecular flexibility index (Phi) is 7.10. The third-order valence-corrected chi connectivity index (χ3v) is 7.90. The number of aromatic nitrogens is 2. The van der Waals surface area contributed by atoms with Gasteiger partial charge in [0, 0.05) is 24.6 Å². The summed E-state index contributed by atoms with van der Waals surface area (Å²) in [6.07, 6.45) is 6.64. The zero-order valence-electron chi connectivity index (χ0n) is 20.6. The number of imidazole rings is 1. The van der Waals surface area contributed by atoms with Crippen LogP contribution in [-0.2, 0) is 16.4 Å². The van der Waals surface area contributed by atoms with Crippen LogP contribution in [0.4, 0.5) is 4.79 Å². The minimum atomic E-state index is -3.21. The molecule has 5 rings (SSSR count). The molecule has 8 heteroatoms. The molecule has 4 aromatic rings. The molecular formula is C29H29N3O4S. The lowest BCUT2D eigenvalue weighted by Gasteiger charge is -2.35. The molecule has 0 unspecified atom stereocenters. The first-order chi connectivity index (χ1) is 17.8. The number of carbonyl (C=O) groups excluding carboxylic acids is 1. The SMILES string of the molecule is CS(=O)(=O)c1ccc(COc2ccc(-c3cn(C(=O)NCC4CC(c5ccccc5)C4)cn3)cc2)cc1. The fourth-order valence-corrected chi connectivity index (χ4v) is 5.16. The molecule has 1 aliphatic carbocycles. The fourth-order valence-electron chi connectivity index (χ4n) is 4.53. The van der Waals surface area contributed by atoms with Crippen LogP contribution in [0.15, 0.2) is 96.3 Å². The Hall–Kier alpha value is -3.91. The molecule has 0 aliphatic heterocycles. The number of hydrogen-bond donors (Lipinski definition) is 1. The van der Waals surface area contributed by atoms with E-state index in [-0.39, 0.29) is 10.9 Å². The third-order valence-electron chi connectivity index (χ3n) is 6.77. The van der Waals surface area contributed by atoms with Crippen molar-refractivity contribution >= 4 is 15.9 Å². The maximum absolute atomic E-state index is 12.6. The Morgan fingerprint density at radius 1 is 1.00 bits per heavy atom. The topological polar surface area (TPSA) is 90.3 Å². The minimum absolute atomic E-state index is 0.177. The van der Waals surface area contributed by atoms with E-state index in [2.05, 4.69) is 34.6 Å². The summed E-state index contributed by atoms with van der Waals surface area (Å²) in [5, 5.41) is 3.02. The predicted octanol–water partition coefficient (Wildman–Crippen LogP) is 5.28. The van der Waals surface area contributed by atoms with Crippen molar-refractivity contribution in [1.29, 1.82) is 0 Å². The van der Waals surface area contributed by atoms with E-state index in [1.807, 2.05) is 30.3 Å². The van der Waals surface area contributed by atoms with Crippen molar-refractivity contribution in [1.82, 2.24) is 14.9 Å². The summed E-state index contributed by atoms with van der Waals surface area (Å²) in [5.74, 6) is 1.78. The summed E-state index contributed by atoms with van der Waals surface area (Å²) in [7, 11) is -3.21. The van der Waals surface area contributed by atoms with Crippen molar-refractivity contribution in [2.75, 3.05) is 12.8 Å². The molecule has 3 aromatic carbocycles. The first kappa shape index (κ1) is 24.8. The fraction of sp³-hybridized carbons (Fsp3) is 0.241. The van der Waals surface area contributed by atoms with Gasteiger partial charge in [0.1, 0.15) is 18.7 Å². The van der Waals surface area contributed by atoms with Gasteiger partial charge in [0.2, 0.25) is 0 Å². The number of carbonyl (C=O) groups is 1. The molecule has 1 N–H and O–H groups in total.